The van der Waals surface area contributed by atoms with Crippen molar-refractivity contribution in [2.24, 2.45) is 0 Å². The summed E-state index contributed by atoms with van der Waals surface area (Å²) < 4.78 is 60.7. The van der Waals surface area contributed by atoms with Crippen molar-refractivity contribution in [2.75, 3.05) is 5.32 Å². The number of phenolic OH excluding ortho intramolecular Hbond substituents is 1. The van der Waals surface area contributed by atoms with E-state index in [9.17, 15) is 36.8 Å². The van der Waals surface area contributed by atoms with Crippen LogP contribution in [-0.2, 0) is 9.84 Å². The van der Waals surface area contributed by atoms with Gasteiger partial charge in [0.25, 0.3) is 15.5 Å². The van der Waals surface area contributed by atoms with Crippen LogP contribution in [-0.4, -0.2) is 24.0 Å². The number of sulfone groups is 1. The Hall–Kier alpha value is -2.82. The molecular weight excluding hydrogens is 377 g/mol. The monoisotopic (exact) mass is 390 g/mol. The Balaban J connectivity index is 2.43. The zero-order valence-corrected chi connectivity index (χ0v) is 14.0. The lowest BCUT2D eigenvalue weighted by atomic mass is 10.1. The number of nitro groups is 1. The highest BCUT2D eigenvalue weighted by molar-refractivity contribution is 7.92. The molecule has 0 aromatic heterocycles. The van der Waals surface area contributed by atoms with Gasteiger partial charge >= 0.3 is 5.51 Å². The largest absolute Gasteiger partial charge is 0.508 e. The van der Waals surface area contributed by atoms with Crippen LogP contribution in [0.2, 0.25) is 0 Å². The van der Waals surface area contributed by atoms with E-state index in [0.717, 1.165) is 6.07 Å². The normalized spacial score (nSPS) is 13.2. The number of hydrogen-bond acceptors (Lipinski definition) is 6. The van der Waals surface area contributed by atoms with Gasteiger partial charge in [0, 0.05) is 12.1 Å². The van der Waals surface area contributed by atoms with E-state index in [2.05, 4.69) is 5.32 Å². The van der Waals surface area contributed by atoms with E-state index in [-0.39, 0.29) is 11.4 Å². The van der Waals surface area contributed by atoms with Crippen LogP contribution in [0.5, 0.6) is 5.75 Å². The van der Waals surface area contributed by atoms with Crippen molar-refractivity contribution in [3.05, 3.63) is 58.1 Å². The standard InChI is InChI=1S/C15H13F3N2O5S/c1-9(10-3-2-4-11(21)7-10)19-13-6-5-12(8-14(13)20(22)23)26(24,25)15(16,17)18/h2-9,19,21H,1H3. The molecule has 0 aliphatic heterocycles. The molecule has 0 bridgehead atoms. The molecule has 0 aliphatic rings. The SMILES string of the molecule is CC(Nc1ccc(S(=O)(=O)C(F)(F)F)cc1[N+](=O)[O-])c1cccc(O)c1. The molecule has 2 aromatic rings. The summed E-state index contributed by atoms with van der Waals surface area (Å²) in [6.45, 7) is 1.61. The molecule has 2 N–H and O–H groups in total. The molecule has 2 rings (SSSR count). The van der Waals surface area contributed by atoms with Crippen LogP contribution in [0.3, 0.4) is 0 Å². The van der Waals surface area contributed by atoms with Gasteiger partial charge in [-0.3, -0.25) is 10.1 Å². The van der Waals surface area contributed by atoms with Gasteiger partial charge in [0.1, 0.15) is 11.4 Å². The summed E-state index contributed by atoms with van der Waals surface area (Å²) in [5.74, 6) is -0.0303. The van der Waals surface area contributed by atoms with E-state index in [4.69, 9.17) is 0 Å². The van der Waals surface area contributed by atoms with Crippen molar-refractivity contribution >= 4 is 21.2 Å². The maximum Gasteiger partial charge on any atom is 0.501 e. The molecule has 0 heterocycles. The van der Waals surface area contributed by atoms with Crippen LogP contribution in [0.1, 0.15) is 18.5 Å². The summed E-state index contributed by atoms with van der Waals surface area (Å²) in [6, 6.07) is 7.37. The maximum absolute atomic E-state index is 12.6. The molecule has 11 heteroatoms. The number of rotatable bonds is 5. The molecule has 1 atom stereocenters. The predicted molar refractivity (Wildman–Crippen MR) is 86.5 cm³/mol. The molecular formula is C15H13F3N2O5S. The lowest BCUT2D eigenvalue weighted by Crippen LogP contribution is -2.23. The minimum atomic E-state index is -5.70. The summed E-state index contributed by atoms with van der Waals surface area (Å²) >= 11 is 0. The number of alkyl halides is 3. The molecule has 0 spiro atoms. The smallest absolute Gasteiger partial charge is 0.501 e. The first-order valence-electron chi connectivity index (χ1n) is 7.08. The summed E-state index contributed by atoms with van der Waals surface area (Å²) in [6.07, 6.45) is 0. The number of phenols is 1. The van der Waals surface area contributed by atoms with Gasteiger partial charge in [0.05, 0.1) is 9.82 Å². The molecule has 0 radical (unpaired) electrons. The highest BCUT2D eigenvalue weighted by Gasteiger charge is 2.47. The fraction of sp³-hybridized carbons (Fsp3) is 0.200. The van der Waals surface area contributed by atoms with E-state index < -0.39 is 36.9 Å². The van der Waals surface area contributed by atoms with E-state index in [0.29, 0.717) is 17.7 Å². The number of hydrogen-bond donors (Lipinski definition) is 2. The third-order valence-electron chi connectivity index (χ3n) is 3.52. The third kappa shape index (κ3) is 3.87. The average Bonchev–Trinajstić information content (AvgIpc) is 2.53. The van der Waals surface area contributed by atoms with Crippen LogP contribution in [0.25, 0.3) is 0 Å². The number of nitro benzene ring substituents is 1. The van der Waals surface area contributed by atoms with Crippen LogP contribution >= 0.6 is 0 Å². The molecule has 0 aliphatic carbocycles. The van der Waals surface area contributed by atoms with Crippen molar-refractivity contribution in [1.82, 2.24) is 0 Å². The molecule has 26 heavy (non-hydrogen) atoms. The number of halogens is 3. The fourth-order valence-corrected chi connectivity index (χ4v) is 2.98. The van der Waals surface area contributed by atoms with Gasteiger partial charge in [0.15, 0.2) is 0 Å². The van der Waals surface area contributed by atoms with Crippen LogP contribution in [0, 0.1) is 10.1 Å². The molecule has 0 fully saturated rings. The van der Waals surface area contributed by atoms with Crippen LogP contribution < -0.4 is 5.32 Å². The molecule has 0 amide bonds. The van der Waals surface area contributed by atoms with Gasteiger partial charge in [-0.1, -0.05) is 12.1 Å². The number of anilines is 1. The fourth-order valence-electron chi connectivity index (χ4n) is 2.20. The molecule has 7 nitrogen and oxygen atoms in total. The van der Waals surface area contributed by atoms with Crippen molar-refractivity contribution in [3.8, 4) is 5.75 Å². The van der Waals surface area contributed by atoms with Crippen LogP contribution in [0.4, 0.5) is 24.5 Å². The molecule has 0 saturated heterocycles. The summed E-state index contributed by atoms with van der Waals surface area (Å²) in [5, 5.41) is 23.4. The van der Waals surface area contributed by atoms with E-state index >= 15 is 0 Å². The second-order valence-electron chi connectivity index (χ2n) is 5.35. The van der Waals surface area contributed by atoms with Crippen molar-refractivity contribution < 1.29 is 31.6 Å². The molecule has 140 valence electrons. The van der Waals surface area contributed by atoms with Gasteiger partial charge < -0.3 is 10.4 Å². The lowest BCUT2D eigenvalue weighted by Gasteiger charge is -2.16. The van der Waals surface area contributed by atoms with Crippen LogP contribution in [0.15, 0.2) is 47.4 Å². The van der Waals surface area contributed by atoms with Gasteiger partial charge in [-0.05, 0) is 36.8 Å². The Labute approximate surface area is 146 Å². The average molecular weight is 390 g/mol. The van der Waals surface area contributed by atoms with Gasteiger partial charge in [-0.25, -0.2) is 8.42 Å². The zero-order chi connectivity index (χ0) is 19.7. The highest BCUT2D eigenvalue weighted by Crippen LogP contribution is 2.36. The quantitative estimate of drug-likeness (QED) is 0.594. The van der Waals surface area contributed by atoms with Gasteiger partial charge in [-0.2, -0.15) is 13.2 Å². The van der Waals surface area contributed by atoms with Crippen molar-refractivity contribution in [3.63, 3.8) is 0 Å². The second kappa shape index (κ2) is 6.83. The summed E-state index contributed by atoms with van der Waals surface area (Å²) in [5.41, 5.74) is -5.98. The first kappa shape index (κ1) is 19.5. The Morgan fingerprint density at radius 2 is 1.85 bits per heavy atom. The third-order valence-corrected chi connectivity index (χ3v) is 5.01. The number of aromatic hydroxyl groups is 1. The zero-order valence-electron chi connectivity index (χ0n) is 13.2. The Morgan fingerprint density at radius 1 is 1.19 bits per heavy atom. The van der Waals surface area contributed by atoms with E-state index in [1.54, 1.807) is 19.1 Å². The first-order chi connectivity index (χ1) is 11.9. The molecule has 0 saturated carbocycles. The van der Waals surface area contributed by atoms with Crippen molar-refractivity contribution in [2.45, 2.75) is 23.4 Å². The second-order valence-corrected chi connectivity index (χ2v) is 7.29. The number of nitrogens with one attached hydrogen (secondary N) is 1. The molecule has 2 aromatic carbocycles. The first-order valence-corrected chi connectivity index (χ1v) is 8.57. The minimum absolute atomic E-state index is 0.0303. The minimum Gasteiger partial charge on any atom is -0.508 e. The Morgan fingerprint density at radius 3 is 2.38 bits per heavy atom. The summed E-state index contributed by atoms with van der Waals surface area (Å²) in [4.78, 5) is 8.98. The van der Waals surface area contributed by atoms with Gasteiger partial charge in [0.2, 0.25) is 0 Å². The predicted octanol–water partition coefficient (Wildman–Crippen LogP) is 3.77. The van der Waals surface area contributed by atoms with Crippen molar-refractivity contribution in [1.29, 1.82) is 0 Å². The van der Waals surface area contributed by atoms with E-state index in [1.165, 1.54) is 12.1 Å². The Kier molecular flexibility index (Phi) is 5.12. The highest BCUT2D eigenvalue weighted by atomic mass is 32.2. The molecule has 1 unspecified atom stereocenters. The lowest BCUT2D eigenvalue weighted by molar-refractivity contribution is -0.384. The summed E-state index contributed by atoms with van der Waals surface area (Å²) in [7, 11) is -5.70. The number of nitrogens with zero attached hydrogens (tertiary/aromatic N) is 1. The Bertz CT molecular complexity index is 945. The number of benzene rings is 2. The maximum atomic E-state index is 12.6. The van der Waals surface area contributed by atoms with Gasteiger partial charge in [-0.15, -0.1) is 0 Å². The topological polar surface area (TPSA) is 110 Å². The van der Waals surface area contributed by atoms with E-state index in [1.807, 2.05) is 0 Å².